The Hall–Kier alpha value is -2.53. The molecule has 4 nitrogen and oxygen atoms in total. The van der Waals surface area contributed by atoms with E-state index in [1.54, 1.807) is 0 Å². The zero-order valence-corrected chi connectivity index (χ0v) is 17.2. The minimum atomic E-state index is -0.569. The number of amides is 1. The Bertz CT molecular complexity index is 949. The lowest BCUT2D eigenvalue weighted by Gasteiger charge is -2.21. The van der Waals surface area contributed by atoms with Crippen molar-refractivity contribution in [2.75, 3.05) is 5.32 Å². The van der Waals surface area contributed by atoms with Crippen LogP contribution >= 0.6 is 15.9 Å². The third-order valence-electron chi connectivity index (χ3n) is 3.81. The van der Waals surface area contributed by atoms with Crippen LogP contribution in [0.3, 0.4) is 0 Å². The molecule has 0 aliphatic carbocycles. The number of fused-ring (bicyclic) bond motifs is 1. The monoisotopic (exact) mass is 427 g/mol. The summed E-state index contributed by atoms with van der Waals surface area (Å²) in [5.41, 5.74) is 1.11. The van der Waals surface area contributed by atoms with Crippen molar-refractivity contribution in [2.24, 2.45) is 0 Å². The molecule has 0 aliphatic rings. The second kappa shape index (κ2) is 8.01. The molecule has 0 saturated heterocycles. The van der Waals surface area contributed by atoms with Gasteiger partial charge in [0.15, 0.2) is 0 Å². The van der Waals surface area contributed by atoms with Crippen LogP contribution in [0.25, 0.3) is 10.8 Å². The number of rotatable bonds is 4. The summed E-state index contributed by atoms with van der Waals surface area (Å²) in [4.78, 5) is 12.2. The van der Waals surface area contributed by atoms with Crippen LogP contribution in [0.4, 0.5) is 10.5 Å². The quantitative estimate of drug-likeness (QED) is 0.514. The van der Waals surface area contributed by atoms with Gasteiger partial charge in [-0.05, 0) is 42.3 Å². The van der Waals surface area contributed by atoms with Crippen LogP contribution in [0.1, 0.15) is 26.3 Å². The highest BCUT2D eigenvalue weighted by Gasteiger charge is 2.19. The Kier molecular flexibility index (Phi) is 5.71. The Balaban J connectivity index is 1.92. The van der Waals surface area contributed by atoms with Crippen molar-refractivity contribution in [3.05, 3.63) is 70.7 Å². The maximum absolute atomic E-state index is 12.2. The van der Waals surface area contributed by atoms with E-state index in [-0.39, 0.29) is 0 Å². The summed E-state index contributed by atoms with van der Waals surface area (Å²) in [6, 6.07) is 19.7. The van der Waals surface area contributed by atoms with Gasteiger partial charge in [0, 0.05) is 21.3 Å². The van der Waals surface area contributed by atoms with E-state index in [1.165, 1.54) is 0 Å². The maximum atomic E-state index is 12.2. The zero-order chi connectivity index (χ0) is 19.4. The van der Waals surface area contributed by atoms with Gasteiger partial charge in [0.2, 0.25) is 0 Å². The van der Waals surface area contributed by atoms with Gasteiger partial charge in [0.05, 0.1) is 5.69 Å². The third-order valence-corrected chi connectivity index (χ3v) is 4.67. The van der Waals surface area contributed by atoms with Crippen LogP contribution in [-0.4, -0.2) is 11.7 Å². The number of halogens is 1. The highest BCUT2D eigenvalue weighted by atomic mass is 79.9. The van der Waals surface area contributed by atoms with Crippen molar-refractivity contribution < 1.29 is 14.3 Å². The Labute approximate surface area is 167 Å². The van der Waals surface area contributed by atoms with Gasteiger partial charge in [-0.15, -0.1) is 0 Å². The molecule has 0 heterocycles. The second-order valence-electron chi connectivity index (χ2n) is 7.18. The summed E-state index contributed by atoms with van der Waals surface area (Å²) in [7, 11) is 0. The third kappa shape index (κ3) is 5.01. The highest BCUT2D eigenvalue weighted by Crippen LogP contribution is 2.38. The predicted molar refractivity (Wildman–Crippen MR) is 112 cm³/mol. The smallest absolute Gasteiger partial charge is 0.412 e. The summed E-state index contributed by atoms with van der Waals surface area (Å²) in [5.74, 6) is 0.698. The minimum Gasteiger partial charge on any atom is -0.488 e. The SMILES string of the molecule is CC(C)(C)OC(=O)Nc1cc(OCc2ccccc2)c2ccccc2c1Br. The van der Waals surface area contributed by atoms with Gasteiger partial charge in [0.1, 0.15) is 18.0 Å². The summed E-state index contributed by atoms with van der Waals surface area (Å²) in [5, 5.41) is 4.73. The molecule has 0 atom stereocenters. The lowest BCUT2D eigenvalue weighted by molar-refractivity contribution is 0.0636. The average molecular weight is 428 g/mol. The van der Waals surface area contributed by atoms with Gasteiger partial charge in [-0.25, -0.2) is 4.79 Å². The molecule has 3 aromatic rings. The van der Waals surface area contributed by atoms with Gasteiger partial charge in [0.25, 0.3) is 0 Å². The zero-order valence-electron chi connectivity index (χ0n) is 15.6. The molecule has 0 spiro atoms. The predicted octanol–water partition coefficient (Wildman–Crippen LogP) is 6.53. The lowest BCUT2D eigenvalue weighted by atomic mass is 10.1. The van der Waals surface area contributed by atoms with Crippen LogP contribution < -0.4 is 10.1 Å². The van der Waals surface area contributed by atoms with E-state index in [0.717, 1.165) is 20.8 Å². The molecule has 0 aromatic heterocycles. The van der Waals surface area contributed by atoms with Crippen molar-refractivity contribution in [3.63, 3.8) is 0 Å². The van der Waals surface area contributed by atoms with E-state index in [1.807, 2.05) is 81.4 Å². The molecule has 140 valence electrons. The number of benzene rings is 3. The maximum Gasteiger partial charge on any atom is 0.412 e. The van der Waals surface area contributed by atoms with Crippen LogP contribution in [0.5, 0.6) is 5.75 Å². The standard InChI is InChI=1S/C22H22BrNO3/c1-22(2,3)27-21(25)24-18-13-19(26-14-15-9-5-4-6-10-15)16-11-7-8-12-17(16)20(18)23/h4-13H,14H2,1-3H3,(H,24,25). The molecular formula is C22H22BrNO3. The van der Waals surface area contributed by atoms with E-state index in [0.29, 0.717) is 18.0 Å². The number of anilines is 1. The molecule has 3 aromatic carbocycles. The first-order valence-corrected chi connectivity index (χ1v) is 9.51. The summed E-state index contributed by atoms with van der Waals surface area (Å²) in [6.07, 6.45) is -0.507. The molecule has 0 unspecified atom stereocenters. The first-order valence-electron chi connectivity index (χ1n) is 8.71. The van der Waals surface area contributed by atoms with E-state index < -0.39 is 11.7 Å². The number of hydrogen-bond acceptors (Lipinski definition) is 3. The van der Waals surface area contributed by atoms with Crippen LogP contribution in [0.2, 0.25) is 0 Å². The fourth-order valence-corrected chi connectivity index (χ4v) is 3.23. The molecule has 1 amide bonds. The van der Waals surface area contributed by atoms with Crippen LogP contribution in [0, 0.1) is 0 Å². The van der Waals surface area contributed by atoms with Crippen molar-refractivity contribution in [3.8, 4) is 5.75 Å². The number of carbonyl (C=O) groups is 1. The number of ether oxygens (including phenoxy) is 2. The Morgan fingerprint density at radius 3 is 2.30 bits per heavy atom. The molecule has 1 N–H and O–H groups in total. The van der Waals surface area contributed by atoms with Gasteiger partial charge in [-0.3, -0.25) is 5.32 Å². The molecule has 0 aliphatic heterocycles. The molecule has 0 saturated carbocycles. The molecule has 27 heavy (non-hydrogen) atoms. The average Bonchev–Trinajstić information content (AvgIpc) is 2.62. The first kappa shape index (κ1) is 19.2. The van der Waals surface area contributed by atoms with Gasteiger partial charge < -0.3 is 9.47 Å². The van der Waals surface area contributed by atoms with E-state index in [4.69, 9.17) is 9.47 Å². The minimum absolute atomic E-state index is 0.443. The Morgan fingerprint density at radius 1 is 1.00 bits per heavy atom. The fourth-order valence-electron chi connectivity index (χ4n) is 2.67. The lowest BCUT2D eigenvalue weighted by Crippen LogP contribution is -2.27. The van der Waals surface area contributed by atoms with Gasteiger partial charge in [-0.1, -0.05) is 54.6 Å². The summed E-state index contributed by atoms with van der Waals surface area (Å²) in [6.45, 7) is 5.93. The van der Waals surface area contributed by atoms with E-state index in [2.05, 4.69) is 21.2 Å². The van der Waals surface area contributed by atoms with Crippen molar-refractivity contribution in [1.29, 1.82) is 0 Å². The topological polar surface area (TPSA) is 47.6 Å². The van der Waals surface area contributed by atoms with E-state index in [9.17, 15) is 4.79 Å². The van der Waals surface area contributed by atoms with Crippen molar-refractivity contribution in [1.82, 2.24) is 0 Å². The van der Waals surface area contributed by atoms with Gasteiger partial charge in [-0.2, -0.15) is 0 Å². The molecule has 0 fully saturated rings. The van der Waals surface area contributed by atoms with Crippen LogP contribution in [0.15, 0.2) is 65.1 Å². The molecule has 0 bridgehead atoms. The van der Waals surface area contributed by atoms with Gasteiger partial charge >= 0.3 is 6.09 Å². The number of carbonyl (C=O) groups excluding carboxylic acids is 1. The van der Waals surface area contributed by atoms with E-state index >= 15 is 0 Å². The Morgan fingerprint density at radius 2 is 1.63 bits per heavy atom. The van der Waals surface area contributed by atoms with Crippen molar-refractivity contribution in [2.45, 2.75) is 33.0 Å². The first-order chi connectivity index (χ1) is 12.8. The molecular weight excluding hydrogens is 406 g/mol. The number of nitrogens with one attached hydrogen (secondary N) is 1. The largest absolute Gasteiger partial charge is 0.488 e. The van der Waals surface area contributed by atoms with Crippen molar-refractivity contribution >= 4 is 38.5 Å². The summed E-state index contributed by atoms with van der Waals surface area (Å²) < 4.78 is 12.2. The fraction of sp³-hybridized carbons (Fsp3) is 0.227. The number of hydrogen-bond donors (Lipinski definition) is 1. The molecule has 3 rings (SSSR count). The molecule has 0 radical (unpaired) electrons. The highest BCUT2D eigenvalue weighted by molar-refractivity contribution is 9.10. The summed E-state index contributed by atoms with van der Waals surface area (Å²) >= 11 is 3.59. The van der Waals surface area contributed by atoms with Crippen LogP contribution in [-0.2, 0) is 11.3 Å². The normalized spacial score (nSPS) is 11.3. The second-order valence-corrected chi connectivity index (χ2v) is 7.98. The molecule has 5 heteroatoms.